The van der Waals surface area contributed by atoms with Gasteiger partial charge in [-0.3, -0.25) is 9.48 Å². The van der Waals surface area contributed by atoms with Crippen molar-refractivity contribution in [3.63, 3.8) is 0 Å². The zero-order valence-electron chi connectivity index (χ0n) is 9.81. The number of rotatable bonds is 3. The largest absolute Gasteiger partial charge is 0.573 e. The van der Waals surface area contributed by atoms with Crippen LogP contribution in [0.1, 0.15) is 16.1 Å². The lowest BCUT2D eigenvalue weighted by Gasteiger charge is -2.08. The molecule has 0 radical (unpaired) electrons. The van der Waals surface area contributed by atoms with Gasteiger partial charge in [-0.2, -0.15) is 5.10 Å². The number of halogens is 3. The molecular formula is C12H9F3N2O2. The maximum atomic E-state index is 12.0. The van der Waals surface area contributed by atoms with Gasteiger partial charge in [0.1, 0.15) is 11.4 Å². The summed E-state index contributed by atoms with van der Waals surface area (Å²) < 4.78 is 41.1. The summed E-state index contributed by atoms with van der Waals surface area (Å²) >= 11 is 0. The number of aromatic nitrogens is 2. The van der Waals surface area contributed by atoms with Gasteiger partial charge in [0.2, 0.25) is 5.78 Å². The van der Waals surface area contributed by atoms with E-state index >= 15 is 0 Å². The number of carbonyl (C=O) groups is 1. The van der Waals surface area contributed by atoms with Crippen LogP contribution in [0.4, 0.5) is 13.2 Å². The van der Waals surface area contributed by atoms with Crippen LogP contribution in [0, 0.1) is 0 Å². The molecular weight excluding hydrogens is 261 g/mol. The fraction of sp³-hybridized carbons (Fsp3) is 0.167. The molecule has 0 spiro atoms. The highest BCUT2D eigenvalue weighted by Gasteiger charge is 2.31. The summed E-state index contributed by atoms with van der Waals surface area (Å²) in [6.45, 7) is 0. The van der Waals surface area contributed by atoms with Gasteiger partial charge in [0.25, 0.3) is 0 Å². The lowest BCUT2D eigenvalue weighted by atomic mass is 10.1. The number of hydrogen-bond acceptors (Lipinski definition) is 3. The molecule has 19 heavy (non-hydrogen) atoms. The third-order valence-corrected chi connectivity index (χ3v) is 2.30. The first-order valence-corrected chi connectivity index (χ1v) is 5.25. The molecule has 0 aliphatic carbocycles. The molecule has 2 rings (SSSR count). The Kier molecular flexibility index (Phi) is 3.28. The van der Waals surface area contributed by atoms with E-state index in [4.69, 9.17) is 0 Å². The van der Waals surface area contributed by atoms with Crippen molar-refractivity contribution >= 4 is 5.78 Å². The third-order valence-electron chi connectivity index (χ3n) is 2.30. The predicted molar refractivity (Wildman–Crippen MR) is 59.8 cm³/mol. The number of ether oxygens (including phenoxy) is 1. The van der Waals surface area contributed by atoms with E-state index < -0.39 is 6.36 Å². The Bertz CT molecular complexity index is 588. The highest BCUT2D eigenvalue weighted by atomic mass is 19.4. The van der Waals surface area contributed by atoms with Gasteiger partial charge in [-0.1, -0.05) is 0 Å². The standard InChI is InChI=1S/C12H9F3N2O2/c1-17-7-6-10(16-17)11(18)8-2-4-9(5-3-8)19-12(13,14)15/h2-7H,1H3. The van der Waals surface area contributed by atoms with Crippen molar-refractivity contribution in [3.8, 4) is 5.75 Å². The second kappa shape index (κ2) is 4.75. The summed E-state index contributed by atoms with van der Waals surface area (Å²) in [4.78, 5) is 11.9. The Balaban J connectivity index is 2.16. The van der Waals surface area contributed by atoms with E-state index in [0.717, 1.165) is 12.1 Å². The van der Waals surface area contributed by atoms with Crippen LogP contribution in [0.2, 0.25) is 0 Å². The Morgan fingerprint density at radius 1 is 1.21 bits per heavy atom. The van der Waals surface area contributed by atoms with E-state index in [1.807, 2.05) is 0 Å². The summed E-state index contributed by atoms with van der Waals surface area (Å²) in [6.07, 6.45) is -3.14. The van der Waals surface area contributed by atoms with Crippen LogP contribution in [0.3, 0.4) is 0 Å². The average molecular weight is 270 g/mol. The number of nitrogens with zero attached hydrogens (tertiary/aromatic N) is 2. The van der Waals surface area contributed by atoms with E-state index in [0.29, 0.717) is 0 Å². The Hall–Kier alpha value is -2.31. The van der Waals surface area contributed by atoms with Crippen molar-refractivity contribution < 1.29 is 22.7 Å². The number of alkyl halides is 3. The van der Waals surface area contributed by atoms with Crippen LogP contribution < -0.4 is 4.74 Å². The molecule has 0 saturated heterocycles. The molecule has 2 aromatic rings. The molecule has 0 aliphatic heterocycles. The molecule has 0 aliphatic rings. The second-order valence-corrected chi connectivity index (χ2v) is 3.78. The fourth-order valence-corrected chi connectivity index (χ4v) is 1.49. The van der Waals surface area contributed by atoms with Crippen molar-refractivity contribution in [1.29, 1.82) is 0 Å². The van der Waals surface area contributed by atoms with E-state index in [1.54, 1.807) is 13.2 Å². The first kappa shape index (κ1) is 13.1. The third kappa shape index (κ3) is 3.34. The SMILES string of the molecule is Cn1ccc(C(=O)c2ccc(OC(F)(F)F)cc2)n1. The second-order valence-electron chi connectivity index (χ2n) is 3.78. The highest BCUT2D eigenvalue weighted by molar-refractivity contribution is 6.07. The molecule has 0 bridgehead atoms. The number of ketones is 1. The molecule has 1 heterocycles. The van der Waals surface area contributed by atoms with Gasteiger partial charge in [0.15, 0.2) is 0 Å². The van der Waals surface area contributed by atoms with Gasteiger partial charge < -0.3 is 4.74 Å². The van der Waals surface area contributed by atoms with Crippen molar-refractivity contribution in [2.45, 2.75) is 6.36 Å². The maximum absolute atomic E-state index is 12.0. The zero-order valence-corrected chi connectivity index (χ0v) is 9.81. The minimum atomic E-state index is -4.74. The number of aryl methyl sites for hydroxylation is 1. The highest BCUT2D eigenvalue weighted by Crippen LogP contribution is 2.23. The van der Waals surface area contributed by atoms with Crippen molar-refractivity contribution in [2.24, 2.45) is 7.05 Å². The lowest BCUT2D eigenvalue weighted by molar-refractivity contribution is -0.274. The molecule has 100 valence electrons. The Morgan fingerprint density at radius 3 is 2.32 bits per heavy atom. The zero-order chi connectivity index (χ0) is 14.0. The van der Waals surface area contributed by atoms with Crippen molar-refractivity contribution in [1.82, 2.24) is 9.78 Å². The van der Waals surface area contributed by atoms with E-state index in [1.165, 1.54) is 22.9 Å². The number of benzene rings is 1. The minimum absolute atomic E-state index is 0.229. The van der Waals surface area contributed by atoms with Crippen molar-refractivity contribution in [3.05, 3.63) is 47.8 Å². The molecule has 1 aromatic heterocycles. The van der Waals surface area contributed by atoms with Gasteiger partial charge in [0.05, 0.1) is 0 Å². The Morgan fingerprint density at radius 2 is 1.84 bits per heavy atom. The van der Waals surface area contributed by atoms with Crippen LogP contribution in [0.15, 0.2) is 36.5 Å². The number of hydrogen-bond donors (Lipinski definition) is 0. The van der Waals surface area contributed by atoms with Crippen LogP contribution in [-0.4, -0.2) is 21.9 Å². The quantitative estimate of drug-likeness (QED) is 0.805. The summed E-state index contributed by atoms with van der Waals surface area (Å²) in [5.74, 6) is -0.732. The van der Waals surface area contributed by atoms with Crippen molar-refractivity contribution in [2.75, 3.05) is 0 Å². The minimum Gasteiger partial charge on any atom is -0.406 e. The van der Waals surface area contributed by atoms with Crippen LogP contribution in [-0.2, 0) is 7.05 Å². The van der Waals surface area contributed by atoms with E-state index in [-0.39, 0.29) is 22.8 Å². The predicted octanol–water partition coefficient (Wildman–Crippen LogP) is 2.55. The first-order chi connectivity index (χ1) is 8.85. The monoisotopic (exact) mass is 270 g/mol. The molecule has 0 fully saturated rings. The normalized spacial score (nSPS) is 11.4. The average Bonchev–Trinajstić information content (AvgIpc) is 2.74. The van der Waals surface area contributed by atoms with Gasteiger partial charge in [0, 0.05) is 18.8 Å². The topological polar surface area (TPSA) is 44.1 Å². The molecule has 4 nitrogen and oxygen atoms in total. The van der Waals surface area contributed by atoms with Gasteiger partial charge in [-0.15, -0.1) is 13.2 Å². The van der Waals surface area contributed by atoms with E-state index in [2.05, 4.69) is 9.84 Å². The molecule has 0 amide bonds. The summed E-state index contributed by atoms with van der Waals surface area (Å²) in [5, 5.41) is 3.92. The molecule has 0 N–H and O–H groups in total. The Labute approximate surface area is 106 Å². The smallest absolute Gasteiger partial charge is 0.406 e. The molecule has 0 atom stereocenters. The molecule has 0 saturated carbocycles. The maximum Gasteiger partial charge on any atom is 0.573 e. The summed E-state index contributed by atoms with van der Waals surface area (Å²) in [6, 6.07) is 6.23. The fourth-order valence-electron chi connectivity index (χ4n) is 1.49. The summed E-state index contributed by atoms with van der Waals surface area (Å²) in [5.41, 5.74) is 0.472. The molecule has 7 heteroatoms. The van der Waals surface area contributed by atoms with Crippen LogP contribution >= 0.6 is 0 Å². The van der Waals surface area contributed by atoms with E-state index in [9.17, 15) is 18.0 Å². The van der Waals surface area contributed by atoms with Gasteiger partial charge >= 0.3 is 6.36 Å². The molecule has 0 unspecified atom stereocenters. The molecule has 1 aromatic carbocycles. The number of carbonyl (C=O) groups excluding carboxylic acids is 1. The van der Waals surface area contributed by atoms with Crippen LogP contribution in [0.25, 0.3) is 0 Å². The van der Waals surface area contributed by atoms with Crippen LogP contribution in [0.5, 0.6) is 5.75 Å². The first-order valence-electron chi connectivity index (χ1n) is 5.25. The van der Waals surface area contributed by atoms with Gasteiger partial charge in [-0.05, 0) is 30.3 Å². The van der Waals surface area contributed by atoms with Gasteiger partial charge in [-0.25, -0.2) is 0 Å². The summed E-state index contributed by atoms with van der Waals surface area (Å²) in [7, 11) is 1.66. The lowest BCUT2D eigenvalue weighted by Crippen LogP contribution is -2.17.